The van der Waals surface area contributed by atoms with Gasteiger partial charge in [0.2, 0.25) is 0 Å². The Morgan fingerprint density at radius 3 is 2.73 bits per heavy atom. The van der Waals surface area contributed by atoms with Crippen molar-refractivity contribution in [2.75, 3.05) is 44.7 Å². The van der Waals surface area contributed by atoms with E-state index in [0.717, 1.165) is 45.3 Å². The summed E-state index contributed by atoms with van der Waals surface area (Å²) in [6, 6.07) is 10.6. The summed E-state index contributed by atoms with van der Waals surface area (Å²) in [6.07, 6.45) is 4.00. The first-order valence-electron chi connectivity index (χ1n) is 8.65. The number of nitrogens with one attached hydrogen (secondary N) is 1. The summed E-state index contributed by atoms with van der Waals surface area (Å²) in [7, 11) is 0. The molecule has 0 amide bonds. The number of hydrogen-bond donors (Lipinski definition) is 2. The zero-order chi connectivity index (χ0) is 15.0. The zero-order valence-corrected chi connectivity index (χ0v) is 13.3. The van der Waals surface area contributed by atoms with E-state index >= 15 is 0 Å². The van der Waals surface area contributed by atoms with E-state index in [2.05, 4.69) is 40.5 Å². The van der Waals surface area contributed by atoms with Crippen molar-refractivity contribution in [1.82, 2.24) is 4.90 Å². The number of nitrogens with two attached hydrogens (primary N) is 1. The van der Waals surface area contributed by atoms with E-state index in [1.807, 2.05) is 0 Å². The highest BCUT2D eigenvalue weighted by atomic mass is 16.5. The molecule has 120 valence electrons. The molecule has 1 saturated heterocycles. The lowest BCUT2D eigenvalue weighted by Gasteiger charge is -2.39. The molecule has 4 rings (SSSR count). The third-order valence-corrected chi connectivity index (χ3v) is 6.41. The van der Waals surface area contributed by atoms with Crippen LogP contribution in [0.5, 0.6) is 0 Å². The Bertz CT molecular complexity index is 516. The molecule has 22 heavy (non-hydrogen) atoms. The number of nitrogens with zero attached hydrogens (tertiary/aromatic N) is 1. The van der Waals surface area contributed by atoms with Crippen LogP contribution in [0.25, 0.3) is 0 Å². The van der Waals surface area contributed by atoms with Gasteiger partial charge in [0.1, 0.15) is 0 Å². The van der Waals surface area contributed by atoms with Crippen molar-refractivity contribution in [3.63, 3.8) is 0 Å². The predicted octanol–water partition coefficient (Wildman–Crippen LogP) is 1.93. The van der Waals surface area contributed by atoms with Gasteiger partial charge in [-0.2, -0.15) is 0 Å². The summed E-state index contributed by atoms with van der Waals surface area (Å²) in [5.41, 5.74) is 8.15. The van der Waals surface area contributed by atoms with Crippen LogP contribution in [0.2, 0.25) is 0 Å². The van der Waals surface area contributed by atoms with Gasteiger partial charge in [-0.1, -0.05) is 24.6 Å². The van der Waals surface area contributed by atoms with Crippen LogP contribution in [-0.2, 0) is 4.74 Å². The topological polar surface area (TPSA) is 50.5 Å². The maximum Gasteiger partial charge on any atom is 0.0594 e. The standard InChI is InChI=1S/C18H27N3O/c19-13-18(21-9-11-22-12-10-21)16-7-4-8-17(16,18)14-20-15-5-2-1-3-6-15/h1-3,5-6,16,20H,4,7-14,19H2/t16-,17+,18-/m1/s1. The van der Waals surface area contributed by atoms with Crippen LogP contribution in [0, 0.1) is 11.3 Å². The Hall–Kier alpha value is -1.10. The molecule has 0 radical (unpaired) electrons. The first kappa shape index (κ1) is 14.5. The molecule has 2 aliphatic carbocycles. The Morgan fingerprint density at radius 1 is 1.23 bits per heavy atom. The number of ether oxygens (including phenoxy) is 1. The van der Waals surface area contributed by atoms with Gasteiger partial charge in [-0.25, -0.2) is 0 Å². The molecule has 3 atom stereocenters. The molecule has 0 spiro atoms. The molecule has 0 aromatic heterocycles. The maximum atomic E-state index is 6.33. The molecular weight excluding hydrogens is 274 g/mol. The van der Waals surface area contributed by atoms with E-state index in [4.69, 9.17) is 10.5 Å². The SMILES string of the molecule is NC[C@@]1(N2CCOCC2)[C@@H]2CCC[C@]21CNc1ccccc1. The molecule has 4 heteroatoms. The second-order valence-electron chi connectivity index (χ2n) is 7.05. The van der Waals surface area contributed by atoms with Gasteiger partial charge < -0.3 is 15.8 Å². The molecule has 1 aromatic carbocycles. The molecule has 4 nitrogen and oxygen atoms in total. The average molecular weight is 301 g/mol. The quantitative estimate of drug-likeness (QED) is 0.872. The van der Waals surface area contributed by atoms with Crippen LogP contribution in [-0.4, -0.2) is 49.8 Å². The molecule has 0 bridgehead atoms. The van der Waals surface area contributed by atoms with E-state index in [0.29, 0.717) is 5.41 Å². The van der Waals surface area contributed by atoms with Gasteiger partial charge >= 0.3 is 0 Å². The largest absolute Gasteiger partial charge is 0.384 e. The van der Waals surface area contributed by atoms with Crippen LogP contribution < -0.4 is 11.1 Å². The molecular formula is C18H27N3O. The fraction of sp³-hybridized carbons (Fsp3) is 0.667. The van der Waals surface area contributed by atoms with E-state index in [1.54, 1.807) is 0 Å². The Labute approximate surface area is 133 Å². The molecule has 3 fully saturated rings. The molecule has 0 unspecified atom stereocenters. The third kappa shape index (κ3) is 1.94. The van der Waals surface area contributed by atoms with Crippen molar-refractivity contribution in [2.45, 2.75) is 24.8 Å². The highest BCUT2D eigenvalue weighted by Crippen LogP contribution is 2.73. The number of fused-ring (bicyclic) bond motifs is 1. The summed E-state index contributed by atoms with van der Waals surface area (Å²) >= 11 is 0. The smallest absolute Gasteiger partial charge is 0.0594 e. The number of para-hydroxylation sites is 1. The van der Waals surface area contributed by atoms with E-state index in [-0.39, 0.29) is 5.54 Å². The fourth-order valence-corrected chi connectivity index (χ4v) is 5.42. The monoisotopic (exact) mass is 301 g/mol. The summed E-state index contributed by atoms with van der Waals surface area (Å²) in [5, 5.41) is 3.68. The van der Waals surface area contributed by atoms with Gasteiger partial charge in [0.15, 0.2) is 0 Å². The maximum absolute atomic E-state index is 6.33. The number of anilines is 1. The lowest BCUT2D eigenvalue weighted by molar-refractivity contribution is -0.00450. The number of rotatable bonds is 5. The molecule has 3 aliphatic rings. The van der Waals surface area contributed by atoms with Crippen molar-refractivity contribution < 1.29 is 4.74 Å². The molecule has 1 aliphatic heterocycles. The second kappa shape index (κ2) is 5.52. The fourth-order valence-electron chi connectivity index (χ4n) is 5.42. The minimum Gasteiger partial charge on any atom is -0.384 e. The van der Waals surface area contributed by atoms with Gasteiger partial charge in [0, 0.05) is 42.8 Å². The molecule has 1 heterocycles. The average Bonchev–Trinajstić information content (AvgIpc) is 2.89. The van der Waals surface area contributed by atoms with E-state index in [9.17, 15) is 0 Å². The minimum absolute atomic E-state index is 0.219. The van der Waals surface area contributed by atoms with Crippen molar-refractivity contribution in [1.29, 1.82) is 0 Å². The second-order valence-corrected chi connectivity index (χ2v) is 7.05. The highest BCUT2D eigenvalue weighted by Gasteiger charge is 2.78. The minimum atomic E-state index is 0.219. The summed E-state index contributed by atoms with van der Waals surface area (Å²) in [5.74, 6) is 0.763. The van der Waals surface area contributed by atoms with Crippen molar-refractivity contribution >= 4 is 5.69 Å². The third-order valence-electron chi connectivity index (χ3n) is 6.41. The Morgan fingerprint density at radius 2 is 2.00 bits per heavy atom. The first-order chi connectivity index (χ1) is 10.8. The van der Waals surface area contributed by atoms with Crippen molar-refractivity contribution in [3.05, 3.63) is 30.3 Å². The summed E-state index contributed by atoms with van der Waals surface area (Å²) in [6.45, 7) is 5.64. The lowest BCUT2D eigenvalue weighted by atomic mass is 9.92. The normalized spacial score (nSPS) is 37.8. The summed E-state index contributed by atoms with van der Waals surface area (Å²) in [4.78, 5) is 2.65. The molecule has 1 aromatic rings. The van der Waals surface area contributed by atoms with Gasteiger partial charge in [0.25, 0.3) is 0 Å². The van der Waals surface area contributed by atoms with Crippen LogP contribution in [0.15, 0.2) is 30.3 Å². The van der Waals surface area contributed by atoms with Crippen LogP contribution in [0.4, 0.5) is 5.69 Å². The van der Waals surface area contributed by atoms with Crippen molar-refractivity contribution in [3.8, 4) is 0 Å². The van der Waals surface area contributed by atoms with Crippen molar-refractivity contribution in [2.24, 2.45) is 17.1 Å². The van der Waals surface area contributed by atoms with Gasteiger partial charge in [-0.3, -0.25) is 4.90 Å². The molecule has 2 saturated carbocycles. The van der Waals surface area contributed by atoms with E-state index < -0.39 is 0 Å². The highest BCUT2D eigenvalue weighted by molar-refractivity contribution is 5.45. The van der Waals surface area contributed by atoms with E-state index in [1.165, 1.54) is 24.9 Å². The Kier molecular flexibility index (Phi) is 3.63. The van der Waals surface area contributed by atoms with Gasteiger partial charge in [-0.15, -0.1) is 0 Å². The Balaban J connectivity index is 1.53. The van der Waals surface area contributed by atoms with Crippen LogP contribution >= 0.6 is 0 Å². The van der Waals surface area contributed by atoms with Gasteiger partial charge in [-0.05, 0) is 30.9 Å². The number of hydrogen-bond acceptors (Lipinski definition) is 4. The number of benzene rings is 1. The summed E-state index contributed by atoms with van der Waals surface area (Å²) < 4.78 is 5.55. The number of morpholine rings is 1. The zero-order valence-electron chi connectivity index (χ0n) is 13.3. The predicted molar refractivity (Wildman–Crippen MR) is 88.9 cm³/mol. The van der Waals surface area contributed by atoms with Crippen LogP contribution in [0.3, 0.4) is 0 Å². The van der Waals surface area contributed by atoms with Crippen LogP contribution in [0.1, 0.15) is 19.3 Å². The lowest BCUT2D eigenvalue weighted by Crippen LogP contribution is -2.54. The van der Waals surface area contributed by atoms with Gasteiger partial charge in [0.05, 0.1) is 13.2 Å². The molecule has 3 N–H and O–H groups in total. The first-order valence-corrected chi connectivity index (χ1v) is 8.65.